The van der Waals surface area contributed by atoms with E-state index in [0.717, 1.165) is 16.5 Å². The standard InChI is InChI=1S/C23H25N3O5/c1-13(15-10-21(27)25-12-15)31-23-16-6-5-7-24-18(16)11-17(26-23)14-8-19(28-2)22(30-4)20(9-14)29-3/h5-9,11,13,15H,10,12H2,1-4H3,(H,25,27)/t13?,15-/m1/s1. The lowest BCUT2D eigenvalue weighted by molar-refractivity contribution is -0.119. The van der Waals surface area contributed by atoms with Gasteiger partial charge < -0.3 is 24.3 Å². The Bertz CT molecular complexity index is 1090. The van der Waals surface area contributed by atoms with E-state index in [4.69, 9.17) is 23.9 Å². The summed E-state index contributed by atoms with van der Waals surface area (Å²) in [6.07, 6.45) is 1.99. The third kappa shape index (κ3) is 4.05. The molecule has 2 atom stereocenters. The molecule has 0 radical (unpaired) electrons. The van der Waals surface area contributed by atoms with Crippen LogP contribution in [0.5, 0.6) is 23.1 Å². The number of aromatic nitrogens is 2. The third-order valence-electron chi connectivity index (χ3n) is 5.50. The Balaban J connectivity index is 1.78. The fourth-order valence-electron chi connectivity index (χ4n) is 3.74. The van der Waals surface area contributed by atoms with E-state index < -0.39 is 0 Å². The molecular formula is C23H25N3O5. The number of rotatable bonds is 7. The number of hydrogen-bond donors (Lipinski definition) is 1. The molecular weight excluding hydrogens is 398 g/mol. The van der Waals surface area contributed by atoms with Gasteiger partial charge in [-0.2, -0.15) is 0 Å². The number of methoxy groups -OCH3 is 3. The molecule has 3 heterocycles. The Hall–Kier alpha value is -3.55. The molecule has 3 aromatic rings. The van der Waals surface area contributed by atoms with Gasteiger partial charge in [0.1, 0.15) is 6.10 Å². The van der Waals surface area contributed by atoms with Crippen LogP contribution in [0.4, 0.5) is 0 Å². The first-order valence-electron chi connectivity index (χ1n) is 10.0. The van der Waals surface area contributed by atoms with Gasteiger partial charge in [-0.3, -0.25) is 9.78 Å². The molecule has 2 aromatic heterocycles. The summed E-state index contributed by atoms with van der Waals surface area (Å²) in [6.45, 7) is 2.56. The maximum Gasteiger partial charge on any atom is 0.223 e. The van der Waals surface area contributed by atoms with Gasteiger partial charge in [0.2, 0.25) is 17.5 Å². The van der Waals surface area contributed by atoms with Crippen molar-refractivity contribution >= 4 is 16.8 Å². The van der Waals surface area contributed by atoms with Crippen LogP contribution in [0.15, 0.2) is 36.5 Å². The first-order valence-corrected chi connectivity index (χ1v) is 10.0. The van der Waals surface area contributed by atoms with E-state index in [-0.39, 0.29) is 17.9 Å². The Morgan fingerprint density at radius 3 is 2.45 bits per heavy atom. The van der Waals surface area contributed by atoms with Gasteiger partial charge in [-0.1, -0.05) is 0 Å². The van der Waals surface area contributed by atoms with Crippen molar-refractivity contribution in [3.8, 4) is 34.4 Å². The normalized spacial score (nSPS) is 16.6. The zero-order chi connectivity index (χ0) is 22.0. The average Bonchev–Trinajstić information content (AvgIpc) is 3.24. The van der Waals surface area contributed by atoms with Gasteiger partial charge in [-0.25, -0.2) is 4.98 Å². The maximum absolute atomic E-state index is 11.6. The molecule has 0 saturated carbocycles. The number of carbonyl (C=O) groups is 1. The second-order valence-electron chi connectivity index (χ2n) is 7.39. The number of nitrogens with zero attached hydrogens (tertiary/aromatic N) is 2. The van der Waals surface area contributed by atoms with Crippen molar-refractivity contribution in [2.75, 3.05) is 27.9 Å². The van der Waals surface area contributed by atoms with Crippen molar-refractivity contribution in [3.63, 3.8) is 0 Å². The highest BCUT2D eigenvalue weighted by atomic mass is 16.5. The summed E-state index contributed by atoms with van der Waals surface area (Å²) >= 11 is 0. The molecule has 1 saturated heterocycles. The Kier molecular flexibility index (Phi) is 5.79. The quantitative estimate of drug-likeness (QED) is 0.624. The highest BCUT2D eigenvalue weighted by Crippen LogP contribution is 2.41. The van der Waals surface area contributed by atoms with Crippen LogP contribution in [0.2, 0.25) is 0 Å². The molecule has 1 aromatic carbocycles. The first-order chi connectivity index (χ1) is 15.0. The molecule has 31 heavy (non-hydrogen) atoms. The number of amides is 1. The summed E-state index contributed by atoms with van der Waals surface area (Å²) in [4.78, 5) is 20.9. The second kappa shape index (κ2) is 8.67. The zero-order valence-electron chi connectivity index (χ0n) is 18.0. The molecule has 8 heteroatoms. The predicted octanol–water partition coefficient (Wildman–Crippen LogP) is 3.23. The van der Waals surface area contributed by atoms with E-state index in [1.54, 1.807) is 27.5 Å². The van der Waals surface area contributed by atoms with Crippen molar-refractivity contribution in [2.24, 2.45) is 5.92 Å². The van der Waals surface area contributed by atoms with Crippen LogP contribution >= 0.6 is 0 Å². The molecule has 0 spiro atoms. The van der Waals surface area contributed by atoms with Gasteiger partial charge in [0, 0.05) is 30.6 Å². The molecule has 8 nitrogen and oxygen atoms in total. The van der Waals surface area contributed by atoms with Gasteiger partial charge in [-0.15, -0.1) is 0 Å². The van der Waals surface area contributed by atoms with Gasteiger partial charge in [0.05, 0.1) is 37.9 Å². The van der Waals surface area contributed by atoms with Crippen molar-refractivity contribution in [3.05, 3.63) is 36.5 Å². The number of ether oxygens (including phenoxy) is 4. The van der Waals surface area contributed by atoms with Gasteiger partial charge >= 0.3 is 0 Å². The van der Waals surface area contributed by atoms with Crippen molar-refractivity contribution in [1.29, 1.82) is 0 Å². The molecule has 1 aliphatic heterocycles. The second-order valence-corrected chi connectivity index (χ2v) is 7.39. The van der Waals surface area contributed by atoms with Crippen LogP contribution in [-0.4, -0.2) is 49.9 Å². The summed E-state index contributed by atoms with van der Waals surface area (Å²) in [5.41, 5.74) is 2.19. The van der Waals surface area contributed by atoms with Crippen LogP contribution in [-0.2, 0) is 4.79 Å². The summed E-state index contributed by atoms with van der Waals surface area (Å²) in [7, 11) is 4.71. The minimum absolute atomic E-state index is 0.0473. The van der Waals surface area contributed by atoms with Crippen LogP contribution < -0.4 is 24.3 Å². The first kappa shape index (κ1) is 20.7. The lowest BCUT2D eigenvalue weighted by Gasteiger charge is -2.20. The smallest absolute Gasteiger partial charge is 0.223 e. The molecule has 1 N–H and O–H groups in total. The lowest BCUT2D eigenvalue weighted by Crippen LogP contribution is -2.26. The highest BCUT2D eigenvalue weighted by molar-refractivity contribution is 5.87. The number of carbonyl (C=O) groups excluding carboxylic acids is 1. The molecule has 162 valence electrons. The van der Waals surface area contributed by atoms with Crippen molar-refractivity contribution < 1.29 is 23.7 Å². The molecule has 0 aliphatic carbocycles. The minimum Gasteiger partial charge on any atom is -0.493 e. The van der Waals surface area contributed by atoms with E-state index in [1.165, 1.54) is 0 Å². The molecule has 1 amide bonds. The molecule has 1 unspecified atom stereocenters. The number of nitrogens with one attached hydrogen (secondary N) is 1. The number of fused-ring (bicyclic) bond motifs is 1. The summed E-state index contributed by atoms with van der Waals surface area (Å²) in [6, 6.07) is 9.35. The van der Waals surface area contributed by atoms with E-state index in [9.17, 15) is 4.79 Å². The molecule has 4 rings (SSSR count). The van der Waals surface area contributed by atoms with Gasteiger partial charge in [0.15, 0.2) is 11.5 Å². The Morgan fingerprint density at radius 2 is 1.84 bits per heavy atom. The van der Waals surface area contributed by atoms with Gasteiger partial charge in [-0.05, 0) is 37.3 Å². The van der Waals surface area contributed by atoms with Crippen molar-refractivity contribution in [2.45, 2.75) is 19.4 Å². The minimum atomic E-state index is -0.190. The summed E-state index contributed by atoms with van der Waals surface area (Å²) in [5.74, 6) is 2.19. The Morgan fingerprint density at radius 1 is 1.10 bits per heavy atom. The SMILES string of the molecule is COc1cc(-c2cc3ncccc3c(OC(C)[C@H]3CNC(=O)C3)n2)cc(OC)c1OC. The fraction of sp³-hybridized carbons (Fsp3) is 0.348. The summed E-state index contributed by atoms with van der Waals surface area (Å²) in [5, 5.41) is 3.66. The number of benzene rings is 1. The average molecular weight is 423 g/mol. The zero-order valence-corrected chi connectivity index (χ0v) is 18.0. The molecule has 1 fully saturated rings. The highest BCUT2D eigenvalue weighted by Gasteiger charge is 2.29. The van der Waals surface area contributed by atoms with Crippen LogP contribution in [0.1, 0.15) is 13.3 Å². The van der Waals surface area contributed by atoms with Crippen molar-refractivity contribution in [1.82, 2.24) is 15.3 Å². The predicted molar refractivity (Wildman–Crippen MR) is 116 cm³/mol. The number of hydrogen-bond acceptors (Lipinski definition) is 7. The van der Waals surface area contributed by atoms with E-state index >= 15 is 0 Å². The van der Waals surface area contributed by atoms with E-state index in [1.807, 2.05) is 37.3 Å². The van der Waals surface area contributed by atoms with Crippen LogP contribution in [0, 0.1) is 5.92 Å². The molecule has 1 aliphatic rings. The van der Waals surface area contributed by atoms with E-state index in [2.05, 4.69) is 10.3 Å². The topological polar surface area (TPSA) is 91.8 Å². The van der Waals surface area contributed by atoms with Crippen LogP contribution in [0.25, 0.3) is 22.2 Å². The number of pyridine rings is 2. The maximum atomic E-state index is 11.6. The molecule has 0 bridgehead atoms. The fourth-order valence-corrected chi connectivity index (χ4v) is 3.74. The third-order valence-corrected chi connectivity index (χ3v) is 5.50. The van der Waals surface area contributed by atoms with E-state index in [0.29, 0.717) is 41.8 Å². The Labute approximate surface area is 180 Å². The largest absolute Gasteiger partial charge is 0.493 e. The monoisotopic (exact) mass is 423 g/mol. The van der Waals surface area contributed by atoms with Crippen LogP contribution in [0.3, 0.4) is 0 Å². The summed E-state index contributed by atoms with van der Waals surface area (Å²) < 4.78 is 22.6. The van der Waals surface area contributed by atoms with Gasteiger partial charge in [0.25, 0.3) is 0 Å². The lowest BCUT2D eigenvalue weighted by atomic mass is 10.0.